The third kappa shape index (κ3) is 2.42. The van der Waals surface area contributed by atoms with Gasteiger partial charge in [-0.15, -0.1) is 0 Å². The number of epoxide rings is 1. The van der Waals surface area contributed by atoms with Crippen LogP contribution in [-0.4, -0.2) is 68.6 Å². The van der Waals surface area contributed by atoms with Crippen LogP contribution in [0, 0.1) is 5.82 Å². The topological polar surface area (TPSA) is 49.8 Å². The summed E-state index contributed by atoms with van der Waals surface area (Å²) in [5, 5.41) is 8.53. The van der Waals surface area contributed by atoms with Gasteiger partial charge in [0.05, 0.1) is 0 Å². The Balaban J connectivity index is 0.000000980. The first-order chi connectivity index (χ1) is 6.20. The van der Waals surface area contributed by atoms with E-state index in [2.05, 4.69) is 0 Å². The molecule has 0 radical (unpaired) electrons. The molecule has 3 nitrogen and oxygen atoms in total. The molecule has 1 aromatic rings. The second-order valence-electron chi connectivity index (χ2n) is 2.84. The van der Waals surface area contributed by atoms with Crippen molar-refractivity contribution in [3.8, 4) is 0 Å². The van der Waals surface area contributed by atoms with Gasteiger partial charge >= 0.3 is 57.4 Å². The van der Waals surface area contributed by atoms with Gasteiger partial charge in [0.25, 0.3) is 0 Å². The van der Waals surface area contributed by atoms with E-state index < -0.39 is 24.0 Å². The van der Waals surface area contributed by atoms with Crippen molar-refractivity contribution < 1.29 is 19.0 Å². The minimum atomic E-state index is -1.05. The number of hydrogen-bond acceptors (Lipinski definition) is 2. The number of halogens is 1. The van der Waals surface area contributed by atoms with Gasteiger partial charge in [0.15, 0.2) is 6.10 Å². The van der Waals surface area contributed by atoms with Gasteiger partial charge < -0.3 is 9.84 Å². The summed E-state index contributed by atoms with van der Waals surface area (Å²) in [5.41, 5.74) is 0.315. The third-order valence-electron chi connectivity index (χ3n) is 1.95. The third-order valence-corrected chi connectivity index (χ3v) is 1.95. The number of carboxylic acid groups (broad SMARTS) is 1. The number of aliphatic carboxylic acids is 1. The van der Waals surface area contributed by atoms with E-state index in [4.69, 9.17) is 9.84 Å². The van der Waals surface area contributed by atoms with Crippen molar-refractivity contribution in [2.45, 2.75) is 12.2 Å². The van der Waals surface area contributed by atoms with E-state index in [1.165, 1.54) is 12.1 Å². The number of carbonyl (C=O) groups is 1. The van der Waals surface area contributed by atoms with Gasteiger partial charge in [-0.3, -0.25) is 0 Å². The second-order valence-corrected chi connectivity index (χ2v) is 2.84. The summed E-state index contributed by atoms with van der Waals surface area (Å²) in [4.78, 5) is 10.4. The SMILES string of the molecule is O=C(O)C1OC1c1ccccc1F.[KH]. The zero-order valence-electron chi connectivity index (χ0n) is 6.61. The molecule has 1 aliphatic rings. The Hall–Kier alpha value is 0.216. The molecule has 0 saturated carbocycles. The zero-order valence-corrected chi connectivity index (χ0v) is 6.61. The molecular formula is C9H8FKO3. The number of benzene rings is 1. The summed E-state index contributed by atoms with van der Waals surface area (Å²) < 4.78 is 17.8. The predicted octanol–water partition coefficient (Wildman–Crippen LogP) is 0.702. The molecule has 1 aromatic carbocycles. The number of rotatable bonds is 2. The molecule has 70 valence electrons. The Labute approximate surface area is 123 Å². The maximum absolute atomic E-state index is 13.0. The van der Waals surface area contributed by atoms with Crippen LogP contribution in [0.1, 0.15) is 11.7 Å². The molecule has 0 bridgehead atoms. The maximum atomic E-state index is 13.0. The van der Waals surface area contributed by atoms with Crippen molar-refractivity contribution in [1.82, 2.24) is 0 Å². The summed E-state index contributed by atoms with van der Waals surface area (Å²) >= 11 is 0. The average molecular weight is 222 g/mol. The van der Waals surface area contributed by atoms with Crippen LogP contribution in [0.5, 0.6) is 0 Å². The normalized spacial score (nSPS) is 23.8. The van der Waals surface area contributed by atoms with Gasteiger partial charge in [-0.05, 0) is 6.07 Å². The summed E-state index contributed by atoms with van der Waals surface area (Å²) in [6.07, 6.45) is -1.49. The van der Waals surface area contributed by atoms with Gasteiger partial charge in [-0.2, -0.15) is 0 Å². The first kappa shape index (κ1) is 12.3. The predicted molar refractivity (Wildman–Crippen MR) is 48.8 cm³/mol. The van der Waals surface area contributed by atoms with Crippen LogP contribution in [-0.2, 0) is 9.53 Å². The van der Waals surface area contributed by atoms with Gasteiger partial charge in [-0.1, -0.05) is 18.2 Å². The number of ether oxygens (including phenoxy) is 1. The van der Waals surface area contributed by atoms with Crippen LogP contribution in [0.4, 0.5) is 4.39 Å². The molecule has 0 spiro atoms. The Kier molecular flexibility index (Phi) is 4.24. The van der Waals surface area contributed by atoms with Gasteiger partial charge in [0, 0.05) is 5.56 Å². The van der Waals surface area contributed by atoms with Crippen molar-refractivity contribution >= 4 is 57.4 Å². The molecule has 0 amide bonds. The second kappa shape index (κ2) is 4.83. The van der Waals surface area contributed by atoms with Crippen molar-refractivity contribution in [3.63, 3.8) is 0 Å². The van der Waals surface area contributed by atoms with Crippen LogP contribution in [0.25, 0.3) is 0 Å². The van der Waals surface area contributed by atoms with Crippen LogP contribution in [0.3, 0.4) is 0 Å². The first-order valence-electron chi connectivity index (χ1n) is 3.83. The molecule has 1 fully saturated rings. The Morgan fingerprint density at radius 3 is 2.57 bits per heavy atom. The fraction of sp³-hybridized carbons (Fsp3) is 0.222. The van der Waals surface area contributed by atoms with Crippen LogP contribution in [0.2, 0.25) is 0 Å². The molecule has 1 aliphatic heterocycles. The van der Waals surface area contributed by atoms with E-state index in [1.54, 1.807) is 12.1 Å². The fourth-order valence-corrected chi connectivity index (χ4v) is 1.24. The fourth-order valence-electron chi connectivity index (χ4n) is 1.24. The molecular weight excluding hydrogens is 214 g/mol. The molecule has 5 heteroatoms. The molecule has 1 saturated heterocycles. The number of carboxylic acids is 1. The summed E-state index contributed by atoms with van der Waals surface area (Å²) in [6.45, 7) is 0. The van der Waals surface area contributed by atoms with Crippen molar-refractivity contribution in [2.24, 2.45) is 0 Å². The average Bonchev–Trinajstić information content (AvgIpc) is 2.84. The van der Waals surface area contributed by atoms with Gasteiger partial charge in [0.2, 0.25) is 0 Å². The molecule has 14 heavy (non-hydrogen) atoms. The molecule has 1 heterocycles. The van der Waals surface area contributed by atoms with Gasteiger partial charge in [0.1, 0.15) is 11.9 Å². The van der Waals surface area contributed by atoms with E-state index >= 15 is 0 Å². The molecule has 0 aliphatic carbocycles. The minimum absolute atomic E-state index is 0. The molecule has 0 aromatic heterocycles. The van der Waals surface area contributed by atoms with E-state index in [0.717, 1.165) is 0 Å². The van der Waals surface area contributed by atoms with E-state index in [0.29, 0.717) is 5.56 Å². The van der Waals surface area contributed by atoms with Crippen molar-refractivity contribution in [3.05, 3.63) is 35.6 Å². The van der Waals surface area contributed by atoms with E-state index in [-0.39, 0.29) is 51.4 Å². The summed E-state index contributed by atoms with van der Waals surface area (Å²) in [5.74, 6) is -1.47. The van der Waals surface area contributed by atoms with E-state index in [1.807, 2.05) is 0 Å². The van der Waals surface area contributed by atoms with Crippen molar-refractivity contribution in [2.75, 3.05) is 0 Å². The van der Waals surface area contributed by atoms with E-state index in [9.17, 15) is 9.18 Å². The quantitative estimate of drug-likeness (QED) is 0.592. The molecule has 2 unspecified atom stereocenters. The Bertz CT molecular complexity index is 356. The Morgan fingerprint density at radius 1 is 1.43 bits per heavy atom. The number of hydrogen-bond donors (Lipinski definition) is 1. The van der Waals surface area contributed by atoms with Crippen molar-refractivity contribution in [1.29, 1.82) is 0 Å². The van der Waals surface area contributed by atoms with Gasteiger partial charge in [-0.25, -0.2) is 9.18 Å². The molecule has 2 atom stereocenters. The Morgan fingerprint density at radius 2 is 2.07 bits per heavy atom. The standard InChI is InChI=1S/C9H7FO3.K.H/c10-6-4-2-1-3-5(6)7-8(13-7)9(11)12;;/h1-4,7-8H,(H,11,12);;. The zero-order chi connectivity index (χ0) is 9.42. The van der Waals surface area contributed by atoms with Crippen LogP contribution >= 0.6 is 0 Å². The van der Waals surface area contributed by atoms with Crippen LogP contribution < -0.4 is 0 Å². The van der Waals surface area contributed by atoms with Crippen LogP contribution in [0.15, 0.2) is 24.3 Å². The molecule has 1 N–H and O–H groups in total. The molecule has 2 rings (SSSR count). The first-order valence-corrected chi connectivity index (χ1v) is 3.83. The summed E-state index contributed by atoms with van der Waals surface area (Å²) in [6, 6.07) is 6.02. The summed E-state index contributed by atoms with van der Waals surface area (Å²) in [7, 11) is 0. The monoisotopic (exact) mass is 222 g/mol.